The molecule has 0 aromatic carbocycles. The highest BCUT2D eigenvalue weighted by molar-refractivity contribution is 5.78. The standard InChI is InChI=1S/C17H25F3N4O3/c1-9(11-7-24(16(3,4)5)22-10(11)2)21-15(27)23-6-12(14(25)26)13(8-23)17(18,19)20/h7,9,12-13H,6,8H2,1-5H3,(H,21,27)(H,25,26)/t9?,12-,13-/m1/s1. The molecule has 27 heavy (non-hydrogen) atoms. The molecule has 1 aliphatic heterocycles. The predicted molar refractivity (Wildman–Crippen MR) is 91.2 cm³/mol. The van der Waals surface area contributed by atoms with Gasteiger partial charge >= 0.3 is 18.2 Å². The zero-order chi connectivity index (χ0) is 20.7. The lowest BCUT2D eigenvalue weighted by atomic mass is 9.96. The maximum Gasteiger partial charge on any atom is 0.394 e. The van der Waals surface area contributed by atoms with Crippen molar-refractivity contribution in [2.24, 2.45) is 11.8 Å². The summed E-state index contributed by atoms with van der Waals surface area (Å²) in [6, 6.07) is -1.20. The molecule has 0 bridgehead atoms. The quantitative estimate of drug-likeness (QED) is 0.831. The van der Waals surface area contributed by atoms with Gasteiger partial charge in [0.2, 0.25) is 0 Å². The molecule has 1 aromatic rings. The van der Waals surface area contributed by atoms with Gasteiger partial charge in [-0.25, -0.2) is 4.79 Å². The van der Waals surface area contributed by atoms with E-state index in [4.69, 9.17) is 5.11 Å². The van der Waals surface area contributed by atoms with Crippen LogP contribution in [-0.4, -0.2) is 51.1 Å². The Morgan fingerprint density at radius 3 is 2.30 bits per heavy atom. The van der Waals surface area contributed by atoms with E-state index < -0.39 is 49.1 Å². The number of halogens is 3. The molecule has 1 aliphatic rings. The van der Waals surface area contributed by atoms with E-state index in [0.29, 0.717) is 5.69 Å². The molecule has 152 valence electrons. The number of urea groups is 1. The normalized spacial score (nSPS) is 22.0. The Hall–Kier alpha value is -2.26. The van der Waals surface area contributed by atoms with Crippen molar-refractivity contribution in [1.29, 1.82) is 0 Å². The highest BCUT2D eigenvalue weighted by Crippen LogP contribution is 2.37. The molecule has 0 saturated carbocycles. The number of likely N-dealkylation sites (tertiary alicyclic amines) is 1. The van der Waals surface area contributed by atoms with Crippen LogP contribution in [0, 0.1) is 18.8 Å². The number of rotatable bonds is 3. The van der Waals surface area contributed by atoms with Crippen molar-refractivity contribution in [2.75, 3.05) is 13.1 Å². The van der Waals surface area contributed by atoms with E-state index in [9.17, 15) is 22.8 Å². The third kappa shape index (κ3) is 4.54. The molecule has 1 unspecified atom stereocenters. The highest BCUT2D eigenvalue weighted by atomic mass is 19.4. The molecular formula is C17H25F3N4O3. The van der Waals surface area contributed by atoms with Gasteiger partial charge in [0.1, 0.15) is 0 Å². The molecule has 1 aromatic heterocycles. The minimum Gasteiger partial charge on any atom is -0.481 e. The van der Waals surface area contributed by atoms with E-state index in [1.165, 1.54) is 0 Å². The van der Waals surface area contributed by atoms with Crippen molar-refractivity contribution < 1.29 is 27.9 Å². The van der Waals surface area contributed by atoms with Crippen LogP contribution < -0.4 is 5.32 Å². The smallest absolute Gasteiger partial charge is 0.394 e. The van der Waals surface area contributed by atoms with E-state index >= 15 is 0 Å². The van der Waals surface area contributed by atoms with Crippen LogP contribution in [0.1, 0.15) is 45.0 Å². The minimum absolute atomic E-state index is 0.254. The Bertz CT molecular complexity index is 724. The van der Waals surface area contributed by atoms with Gasteiger partial charge in [-0.15, -0.1) is 0 Å². The van der Waals surface area contributed by atoms with Gasteiger partial charge in [0, 0.05) is 24.8 Å². The number of aliphatic carboxylic acids is 1. The van der Waals surface area contributed by atoms with E-state index in [-0.39, 0.29) is 5.54 Å². The zero-order valence-corrected chi connectivity index (χ0v) is 16.0. The SMILES string of the molecule is Cc1nn(C(C)(C)C)cc1C(C)NC(=O)N1C[C@@H](C(F)(F)F)[C@H](C(=O)O)C1. The fraction of sp³-hybridized carbons (Fsp3) is 0.706. The second-order valence-corrected chi connectivity index (χ2v) is 7.95. The first-order chi connectivity index (χ1) is 12.2. The van der Waals surface area contributed by atoms with Crippen LogP contribution in [0.5, 0.6) is 0 Å². The lowest BCUT2D eigenvalue weighted by Gasteiger charge is -2.21. The topological polar surface area (TPSA) is 87.5 Å². The van der Waals surface area contributed by atoms with Gasteiger partial charge in [-0.05, 0) is 34.6 Å². The van der Waals surface area contributed by atoms with Gasteiger partial charge in [0.25, 0.3) is 0 Å². The number of alkyl halides is 3. The van der Waals surface area contributed by atoms with Crippen LogP contribution in [0.2, 0.25) is 0 Å². The number of carbonyl (C=O) groups excluding carboxylic acids is 1. The van der Waals surface area contributed by atoms with E-state index in [2.05, 4.69) is 10.4 Å². The van der Waals surface area contributed by atoms with Gasteiger partial charge in [0.15, 0.2) is 0 Å². The molecule has 0 radical (unpaired) electrons. The molecule has 10 heteroatoms. The Kier molecular flexibility index (Phi) is 5.49. The number of carboxylic acid groups (broad SMARTS) is 1. The third-order valence-electron chi connectivity index (χ3n) is 4.78. The summed E-state index contributed by atoms with van der Waals surface area (Å²) < 4.78 is 41.0. The van der Waals surface area contributed by atoms with Crippen LogP contribution in [-0.2, 0) is 10.3 Å². The number of nitrogens with one attached hydrogen (secondary N) is 1. The molecule has 1 saturated heterocycles. The number of hydrogen-bond donors (Lipinski definition) is 2. The number of aryl methyl sites for hydroxylation is 1. The monoisotopic (exact) mass is 390 g/mol. The molecule has 1 fully saturated rings. The zero-order valence-electron chi connectivity index (χ0n) is 16.0. The van der Waals surface area contributed by atoms with Gasteiger partial charge in [0.05, 0.1) is 29.1 Å². The van der Waals surface area contributed by atoms with Crippen LogP contribution in [0.15, 0.2) is 6.20 Å². The lowest BCUT2D eigenvalue weighted by molar-refractivity contribution is -0.187. The Morgan fingerprint density at radius 2 is 1.89 bits per heavy atom. The fourth-order valence-electron chi connectivity index (χ4n) is 3.15. The molecule has 3 atom stereocenters. The Labute approximate surface area is 155 Å². The molecule has 7 nitrogen and oxygen atoms in total. The number of nitrogens with zero attached hydrogens (tertiary/aromatic N) is 3. The van der Waals surface area contributed by atoms with Crippen molar-refractivity contribution in [3.63, 3.8) is 0 Å². The first kappa shape index (κ1) is 21.0. The number of amides is 2. The average molecular weight is 390 g/mol. The van der Waals surface area contributed by atoms with Crippen molar-refractivity contribution in [2.45, 2.75) is 52.4 Å². The molecule has 2 N–H and O–H groups in total. The summed E-state index contributed by atoms with van der Waals surface area (Å²) in [5, 5.41) is 16.1. The van der Waals surface area contributed by atoms with Crippen LogP contribution >= 0.6 is 0 Å². The summed E-state index contributed by atoms with van der Waals surface area (Å²) in [7, 11) is 0. The number of hydrogen-bond acceptors (Lipinski definition) is 3. The van der Waals surface area contributed by atoms with Gasteiger partial charge in [-0.2, -0.15) is 18.3 Å². The van der Waals surface area contributed by atoms with Crippen LogP contribution in [0.4, 0.5) is 18.0 Å². The predicted octanol–water partition coefficient (Wildman–Crippen LogP) is 2.91. The van der Waals surface area contributed by atoms with Crippen LogP contribution in [0.3, 0.4) is 0 Å². The highest BCUT2D eigenvalue weighted by Gasteiger charge is 2.53. The second kappa shape index (κ2) is 7.05. The van der Waals surface area contributed by atoms with E-state index in [0.717, 1.165) is 10.5 Å². The summed E-state index contributed by atoms with van der Waals surface area (Å²) >= 11 is 0. The van der Waals surface area contributed by atoms with Gasteiger partial charge in [-0.1, -0.05) is 0 Å². The van der Waals surface area contributed by atoms with E-state index in [1.54, 1.807) is 24.7 Å². The summed E-state index contributed by atoms with van der Waals surface area (Å²) in [6.07, 6.45) is -2.88. The average Bonchev–Trinajstić information content (AvgIpc) is 3.09. The number of carbonyl (C=O) groups is 2. The Morgan fingerprint density at radius 1 is 1.30 bits per heavy atom. The first-order valence-electron chi connectivity index (χ1n) is 8.63. The summed E-state index contributed by atoms with van der Waals surface area (Å²) in [6.45, 7) is 8.27. The third-order valence-corrected chi connectivity index (χ3v) is 4.78. The molecular weight excluding hydrogens is 365 g/mol. The first-order valence-corrected chi connectivity index (χ1v) is 8.63. The molecule has 0 aliphatic carbocycles. The Balaban J connectivity index is 2.11. The second-order valence-electron chi connectivity index (χ2n) is 7.95. The summed E-state index contributed by atoms with van der Waals surface area (Å²) in [5.74, 6) is -5.28. The summed E-state index contributed by atoms with van der Waals surface area (Å²) in [5.41, 5.74) is 1.20. The lowest BCUT2D eigenvalue weighted by Crippen LogP contribution is -2.40. The number of aromatic nitrogens is 2. The fourth-order valence-corrected chi connectivity index (χ4v) is 3.15. The van der Waals surface area contributed by atoms with E-state index in [1.807, 2.05) is 20.8 Å². The van der Waals surface area contributed by atoms with Crippen LogP contribution in [0.25, 0.3) is 0 Å². The van der Waals surface area contributed by atoms with Crippen molar-refractivity contribution >= 4 is 12.0 Å². The minimum atomic E-state index is -4.67. The van der Waals surface area contributed by atoms with Crippen molar-refractivity contribution in [1.82, 2.24) is 20.0 Å². The number of carboxylic acids is 1. The van der Waals surface area contributed by atoms with Gasteiger partial charge < -0.3 is 15.3 Å². The maximum atomic E-state index is 13.1. The molecule has 0 spiro atoms. The maximum absolute atomic E-state index is 13.1. The van der Waals surface area contributed by atoms with Crippen molar-refractivity contribution in [3.05, 3.63) is 17.5 Å². The largest absolute Gasteiger partial charge is 0.481 e. The summed E-state index contributed by atoms with van der Waals surface area (Å²) in [4.78, 5) is 24.5. The molecule has 2 heterocycles. The van der Waals surface area contributed by atoms with Crippen molar-refractivity contribution in [3.8, 4) is 0 Å². The molecule has 2 rings (SSSR count). The van der Waals surface area contributed by atoms with Gasteiger partial charge in [-0.3, -0.25) is 9.48 Å². The molecule has 2 amide bonds.